The van der Waals surface area contributed by atoms with Crippen molar-refractivity contribution in [2.75, 3.05) is 11.9 Å². The van der Waals surface area contributed by atoms with Gasteiger partial charge in [-0.3, -0.25) is 0 Å². The third-order valence-corrected chi connectivity index (χ3v) is 2.85. The second-order valence-corrected chi connectivity index (χ2v) is 4.80. The van der Waals surface area contributed by atoms with E-state index in [-0.39, 0.29) is 6.10 Å². The van der Waals surface area contributed by atoms with Crippen LogP contribution in [0, 0.1) is 0 Å². The van der Waals surface area contributed by atoms with Crippen LogP contribution >= 0.6 is 0 Å². The zero-order valence-electron chi connectivity index (χ0n) is 11.2. The predicted molar refractivity (Wildman–Crippen MR) is 69.9 cm³/mol. The highest BCUT2D eigenvalue weighted by Gasteiger charge is 2.29. The summed E-state index contributed by atoms with van der Waals surface area (Å²) >= 11 is 0. The topological polar surface area (TPSA) is 56.3 Å². The summed E-state index contributed by atoms with van der Waals surface area (Å²) in [6, 6.07) is 2.29. The van der Waals surface area contributed by atoms with Gasteiger partial charge in [-0.15, -0.1) is 0 Å². The van der Waals surface area contributed by atoms with Crippen molar-refractivity contribution in [3.63, 3.8) is 0 Å². The van der Waals surface area contributed by atoms with Gasteiger partial charge < -0.3 is 14.8 Å². The minimum atomic E-state index is 0.124. The van der Waals surface area contributed by atoms with E-state index in [1.54, 1.807) is 0 Å². The van der Waals surface area contributed by atoms with Gasteiger partial charge in [0.25, 0.3) is 0 Å². The van der Waals surface area contributed by atoms with Crippen LogP contribution in [-0.2, 0) is 4.74 Å². The van der Waals surface area contributed by atoms with Crippen molar-refractivity contribution in [3.05, 3.63) is 12.4 Å². The van der Waals surface area contributed by atoms with E-state index in [0.717, 1.165) is 25.3 Å². The van der Waals surface area contributed by atoms with Crippen LogP contribution in [0.4, 0.5) is 5.82 Å². The lowest BCUT2D eigenvalue weighted by molar-refractivity contribution is 0.00292. The van der Waals surface area contributed by atoms with Gasteiger partial charge >= 0.3 is 0 Å². The molecule has 0 radical (unpaired) electrons. The van der Waals surface area contributed by atoms with E-state index in [9.17, 15) is 0 Å². The molecule has 1 aliphatic rings. The Balaban J connectivity index is 1.83. The molecule has 0 spiro atoms. The molecule has 0 aliphatic heterocycles. The summed E-state index contributed by atoms with van der Waals surface area (Å²) in [5.41, 5.74) is 0. The lowest BCUT2D eigenvalue weighted by atomic mass is 9.89. The first-order valence-electron chi connectivity index (χ1n) is 6.54. The Morgan fingerprint density at radius 1 is 1.39 bits per heavy atom. The van der Waals surface area contributed by atoms with Gasteiger partial charge in [0, 0.05) is 18.7 Å². The van der Waals surface area contributed by atoms with Crippen LogP contribution in [0.1, 0.15) is 33.6 Å². The van der Waals surface area contributed by atoms with Crippen LogP contribution in [0.25, 0.3) is 0 Å². The van der Waals surface area contributed by atoms with Crippen LogP contribution in [0.3, 0.4) is 0 Å². The smallest absolute Gasteiger partial charge is 0.218 e. The van der Waals surface area contributed by atoms with E-state index < -0.39 is 0 Å². The molecule has 100 valence electrons. The highest BCUT2D eigenvalue weighted by molar-refractivity contribution is 5.38. The summed E-state index contributed by atoms with van der Waals surface area (Å²) in [5.74, 6) is 1.43. The molecule has 0 aromatic carbocycles. The predicted octanol–water partition coefficient (Wildman–Crippen LogP) is 2.24. The average Bonchev–Trinajstić information content (AvgIpc) is 2.26. The fraction of sp³-hybridized carbons (Fsp3) is 0.692. The molecule has 1 aromatic rings. The standard InChI is InChI=1S/C13H21N3O2/c1-4-17-11-5-10(6-11)16-12-7-13(15-8-14-12)18-9(2)3/h7-11H,4-6H2,1-3H3,(H,14,15,16). The number of hydrogen-bond acceptors (Lipinski definition) is 5. The van der Waals surface area contributed by atoms with Crippen LogP contribution in [0.2, 0.25) is 0 Å². The number of nitrogens with zero attached hydrogens (tertiary/aromatic N) is 2. The molecule has 18 heavy (non-hydrogen) atoms. The molecule has 1 saturated carbocycles. The maximum absolute atomic E-state index is 5.53. The third-order valence-electron chi connectivity index (χ3n) is 2.85. The second-order valence-electron chi connectivity index (χ2n) is 4.80. The monoisotopic (exact) mass is 251 g/mol. The van der Waals surface area contributed by atoms with E-state index in [1.165, 1.54) is 6.33 Å². The molecule has 1 heterocycles. The van der Waals surface area contributed by atoms with Crippen LogP contribution < -0.4 is 10.1 Å². The number of hydrogen-bond donors (Lipinski definition) is 1. The highest BCUT2D eigenvalue weighted by Crippen LogP contribution is 2.26. The minimum Gasteiger partial charge on any atom is -0.475 e. The Morgan fingerprint density at radius 2 is 2.17 bits per heavy atom. The number of rotatable bonds is 6. The average molecular weight is 251 g/mol. The third kappa shape index (κ3) is 3.57. The van der Waals surface area contributed by atoms with Gasteiger partial charge in [-0.05, 0) is 33.6 Å². The van der Waals surface area contributed by atoms with Gasteiger partial charge in [-0.2, -0.15) is 0 Å². The minimum absolute atomic E-state index is 0.124. The summed E-state index contributed by atoms with van der Waals surface area (Å²) in [6.45, 7) is 6.78. The van der Waals surface area contributed by atoms with Crippen LogP contribution in [-0.4, -0.2) is 34.8 Å². The van der Waals surface area contributed by atoms with Crippen molar-refractivity contribution in [1.29, 1.82) is 0 Å². The molecule has 0 unspecified atom stereocenters. The molecular formula is C13H21N3O2. The van der Waals surface area contributed by atoms with Crippen molar-refractivity contribution in [1.82, 2.24) is 9.97 Å². The zero-order valence-corrected chi connectivity index (χ0v) is 11.2. The van der Waals surface area contributed by atoms with Gasteiger partial charge in [0.05, 0.1) is 12.2 Å². The Hall–Kier alpha value is -1.36. The number of aromatic nitrogens is 2. The molecule has 5 nitrogen and oxygen atoms in total. The summed E-state index contributed by atoms with van der Waals surface area (Å²) in [4.78, 5) is 8.27. The van der Waals surface area contributed by atoms with Gasteiger partial charge in [0.15, 0.2) is 0 Å². The van der Waals surface area contributed by atoms with Gasteiger partial charge in [-0.1, -0.05) is 0 Å². The molecule has 0 bridgehead atoms. The van der Waals surface area contributed by atoms with Gasteiger partial charge in [0.1, 0.15) is 12.1 Å². The van der Waals surface area contributed by atoms with E-state index in [4.69, 9.17) is 9.47 Å². The lowest BCUT2D eigenvalue weighted by Crippen LogP contribution is -2.41. The summed E-state index contributed by atoms with van der Waals surface area (Å²) in [7, 11) is 0. The van der Waals surface area contributed by atoms with Gasteiger partial charge in [0.2, 0.25) is 5.88 Å². The van der Waals surface area contributed by atoms with E-state index in [2.05, 4.69) is 15.3 Å². The molecular weight excluding hydrogens is 230 g/mol. The Kier molecular flexibility index (Phi) is 4.36. The maximum atomic E-state index is 5.53. The largest absolute Gasteiger partial charge is 0.475 e. The molecule has 1 N–H and O–H groups in total. The summed E-state index contributed by atoms with van der Waals surface area (Å²) in [6.07, 6.45) is 4.13. The fourth-order valence-electron chi connectivity index (χ4n) is 1.99. The first-order chi connectivity index (χ1) is 8.67. The molecule has 2 rings (SSSR count). The van der Waals surface area contributed by atoms with E-state index in [1.807, 2.05) is 26.8 Å². The lowest BCUT2D eigenvalue weighted by Gasteiger charge is -2.35. The number of ether oxygens (including phenoxy) is 2. The second kappa shape index (κ2) is 6.00. The molecule has 1 aliphatic carbocycles. The highest BCUT2D eigenvalue weighted by atomic mass is 16.5. The van der Waals surface area contributed by atoms with Gasteiger partial charge in [-0.25, -0.2) is 9.97 Å². The summed E-state index contributed by atoms with van der Waals surface area (Å²) in [5, 5.41) is 3.37. The quantitative estimate of drug-likeness (QED) is 0.840. The fourth-order valence-corrected chi connectivity index (χ4v) is 1.99. The number of nitrogens with one attached hydrogen (secondary N) is 1. The normalized spacial score (nSPS) is 22.7. The van der Waals surface area contributed by atoms with Crippen molar-refractivity contribution in [2.24, 2.45) is 0 Å². The molecule has 0 saturated heterocycles. The maximum Gasteiger partial charge on any atom is 0.218 e. The number of anilines is 1. The Labute approximate surface area is 108 Å². The SMILES string of the molecule is CCOC1CC(Nc2cc(OC(C)C)ncn2)C1. The Bertz CT molecular complexity index is 378. The van der Waals surface area contributed by atoms with Crippen LogP contribution in [0.5, 0.6) is 5.88 Å². The molecule has 5 heteroatoms. The molecule has 0 amide bonds. The zero-order chi connectivity index (χ0) is 13.0. The van der Waals surface area contributed by atoms with E-state index in [0.29, 0.717) is 18.0 Å². The molecule has 1 fully saturated rings. The first kappa shape index (κ1) is 13.1. The van der Waals surface area contributed by atoms with Crippen molar-refractivity contribution < 1.29 is 9.47 Å². The molecule has 0 atom stereocenters. The summed E-state index contributed by atoms with van der Waals surface area (Å²) < 4.78 is 11.1. The Morgan fingerprint density at radius 3 is 2.83 bits per heavy atom. The van der Waals surface area contributed by atoms with Crippen molar-refractivity contribution >= 4 is 5.82 Å². The van der Waals surface area contributed by atoms with E-state index >= 15 is 0 Å². The van der Waals surface area contributed by atoms with Crippen molar-refractivity contribution in [3.8, 4) is 5.88 Å². The first-order valence-corrected chi connectivity index (χ1v) is 6.54. The van der Waals surface area contributed by atoms with Crippen molar-refractivity contribution in [2.45, 2.75) is 51.9 Å². The molecule has 1 aromatic heterocycles. The van der Waals surface area contributed by atoms with Crippen LogP contribution in [0.15, 0.2) is 12.4 Å².